The van der Waals surface area contributed by atoms with E-state index in [4.69, 9.17) is 0 Å². The van der Waals surface area contributed by atoms with Crippen molar-refractivity contribution < 1.29 is 35.9 Å². The average molecular weight is 497 g/mol. The molecule has 0 aromatic heterocycles. The standard InChI is InChI=1S/C21H24N2O8S2/c1-30-20(24)15-3-9-18(10-4-15)32(26,27)22-13-14-23(17-7-8-17)33(28,29)19-11-5-16(6-12-19)21(25)31-2/h3-6,9-12,17,22H,7-8,13-14H2,1-2H3. The monoisotopic (exact) mass is 496 g/mol. The molecule has 0 bridgehead atoms. The van der Waals surface area contributed by atoms with Gasteiger partial charge in [-0.15, -0.1) is 0 Å². The summed E-state index contributed by atoms with van der Waals surface area (Å²) >= 11 is 0. The zero-order valence-corrected chi connectivity index (χ0v) is 19.7. The predicted molar refractivity (Wildman–Crippen MR) is 118 cm³/mol. The smallest absolute Gasteiger partial charge is 0.337 e. The van der Waals surface area contributed by atoms with Crippen LogP contribution in [0.15, 0.2) is 58.3 Å². The van der Waals surface area contributed by atoms with Crippen molar-refractivity contribution in [3.05, 3.63) is 59.7 Å². The summed E-state index contributed by atoms with van der Waals surface area (Å²) in [6, 6.07) is 10.4. The van der Waals surface area contributed by atoms with Crippen molar-refractivity contribution in [2.45, 2.75) is 28.7 Å². The summed E-state index contributed by atoms with van der Waals surface area (Å²) in [6.45, 7) is -0.206. The van der Waals surface area contributed by atoms with Crippen LogP contribution in [-0.2, 0) is 29.5 Å². The minimum absolute atomic E-state index is 0.00306. The highest BCUT2D eigenvalue weighted by molar-refractivity contribution is 7.89. The number of nitrogens with one attached hydrogen (secondary N) is 1. The number of hydrogen-bond acceptors (Lipinski definition) is 8. The van der Waals surface area contributed by atoms with Gasteiger partial charge in [0.15, 0.2) is 0 Å². The van der Waals surface area contributed by atoms with Crippen molar-refractivity contribution in [1.29, 1.82) is 0 Å². The first-order chi connectivity index (χ1) is 15.6. The highest BCUT2D eigenvalue weighted by atomic mass is 32.2. The number of carbonyl (C=O) groups excluding carboxylic acids is 2. The second kappa shape index (κ2) is 10.00. The Bertz CT molecular complexity index is 1220. The summed E-state index contributed by atoms with van der Waals surface area (Å²) in [4.78, 5) is 23.0. The van der Waals surface area contributed by atoms with Gasteiger partial charge in [-0.05, 0) is 61.4 Å². The Morgan fingerprint density at radius 2 is 1.30 bits per heavy atom. The fraction of sp³-hybridized carbons (Fsp3) is 0.333. The molecule has 0 amide bonds. The Morgan fingerprint density at radius 3 is 1.73 bits per heavy atom. The highest BCUT2D eigenvalue weighted by Crippen LogP contribution is 2.31. The van der Waals surface area contributed by atoms with E-state index in [1.807, 2.05) is 0 Å². The predicted octanol–water partition coefficient (Wildman–Crippen LogP) is 1.39. The molecule has 12 heteroatoms. The number of nitrogens with zero attached hydrogens (tertiary/aromatic N) is 1. The zero-order valence-electron chi connectivity index (χ0n) is 18.1. The first kappa shape index (κ1) is 24.8. The molecular weight excluding hydrogens is 472 g/mol. The molecule has 3 rings (SSSR count). The van der Waals surface area contributed by atoms with Crippen LogP contribution in [0.1, 0.15) is 33.6 Å². The van der Waals surface area contributed by atoms with Crippen LogP contribution in [0.4, 0.5) is 0 Å². The molecule has 178 valence electrons. The maximum atomic E-state index is 13.1. The molecular formula is C21H24N2O8S2. The van der Waals surface area contributed by atoms with Gasteiger partial charge < -0.3 is 9.47 Å². The van der Waals surface area contributed by atoms with Gasteiger partial charge in [-0.1, -0.05) is 0 Å². The van der Waals surface area contributed by atoms with E-state index in [0.29, 0.717) is 12.8 Å². The quantitative estimate of drug-likeness (QED) is 0.488. The van der Waals surface area contributed by atoms with Crippen LogP contribution in [0, 0.1) is 0 Å². The van der Waals surface area contributed by atoms with E-state index in [0.717, 1.165) is 0 Å². The van der Waals surface area contributed by atoms with Gasteiger partial charge in [0.2, 0.25) is 20.0 Å². The van der Waals surface area contributed by atoms with Gasteiger partial charge >= 0.3 is 11.9 Å². The molecule has 0 unspecified atom stereocenters. The zero-order chi connectivity index (χ0) is 24.2. The van der Waals surface area contributed by atoms with E-state index < -0.39 is 32.0 Å². The van der Waals surface area contributed by atoms with Gasteiger partial charge in [-0.3, -0.25) is 0 Å². The minimum atomic E-state index is -3.91. The second-order valence-electron chi connectivity index (χ2n) is 7.28. The molecule has 0 spiro atoms. The number of rotatable bonds is 10. The molecule has 1 aliphatic carbocycles. The van der Waals surface area contributed by atoms with Gasteiger partial charge in [0.25, 0.3) is 0 Å². The van der Waals surface area contributed by atoms with Crippen molar-refractivity contribution in [1.82, 2.24) is 9.03 Å². The summed E-state index contributed by atoms with van der Waals surface area (Å²) in [5.74, 6) is -1.16. The Labute approximate surface area is 192 Å². The van der Waals surface area contributed by atoms with Crippen molar-refractivity contribution >= 4 is 32.0 Å². The van der Waals surface area contributed by atoms with Crippen LogP contribution >= 0.6 is 0 Å². The van der Waals surface area contributed by atoms with Crippen LogP contribution in [0.2, 0.25) is 0 Å². The van der Waals surface area contributed by atoms with Gasteiger partial charge in [-0.25, -0.2) is 31.1 Å². The topological polar surface area (TPSA) is 136 Å². The van der Waals surface area contributed by atoms with Crippen LogP contribution in [0.25, 0.3) is 0 Å². The third kappa shape index (κ3) is 5.77. The third-order valence-corrected chi connectivity index (χ3v) is 8.49. The van der Waals surface area contributed by atoms with Crippen LogP contribution in [0.5, 0.6) is 0 Å². The van der Waals surface area contributed by atoms with E-state index in [1.165, 1.54) is 67.1 Å². The Kier molecular flexibility index (Phi) is 7.52. The van der Waals surface area contributed by atoms with E-state index in [1.54, 1.807) is 0 Å². The van der Waals surface area contributed by atoms with Crippen molar-refractivity contribution in [2.24, 2.45) is 0 Å². The second-order valence-corrected chi connectivity index (χ2v) is 10.9. The van der Waals surface area contributed by atoms with Gasteiger partial charge in [0, 0.05) is 19.1 Å². The summed E-state index contributed by atoms with van der Waals surface area (Å²) in [7, 11) is -5.35. The van der Waals surface area contributed by atoms with Gasteiger partial charge in [0.1, 0.15) is 0 Å². The van der Waals surface area contributed by atoms with E-state index in [9.17, 15) is 26.4 Å². The lowest BCUT2D eigenvalue weighted by atomic mass is 10.2. The highest BCUT2D eigenvalue weighted by Gasteiger charge is 2.38. The average Bonchev–Trinajstić information content (AvgIpc) is 3.66. The maximum Gasteiger partial charge on any atom is 0.337 e. The fourth-order valence-corrected chi connectivity index (χ4v) is 5.85. The third-order valence-electron chi connectivity index (χ3n) is 5.05. The number of ether oxygens (including phenoxy) is 2. The molecule has 33 heavy (non-hydrogen) atoms. The molecule has 1 fully saturated rings. The molecule has 0 aliphatic heterocycles. The fourth-order valence-electron chi connectivity index (χ4n) is 3.14. The first-order valence-electron chi connectivity index (χ1n) is 9.98. The Morgan fingerprint density at radius 1 is 0.848 bits per heavy atom. The summed E-state index contributed by atoms with van der Waals surface area (Å²) in [5.41, 5.74) is 0.432. The normalized spacial score (nSPS) is 14.2. The number of esters is 2. The van der Waals surface area contributed by atoms with E-state index in [2.05, 4.69) is 14.2 Å². The molecule has 1 aliphatic rings. The molecule has 1 saturated carbocycles. The van der Waals surface area contributed by atoms with E-state index >= 15 is 0 Å². The lowest BCUT2D eigenvalue weighted by Gasteiger charge is -2.22. The molecule has 0 atom stereocenters. The SMILES string of the molecule is COC(=O)c1ccc(S(=O)(=O)NCCN(C2CC2)S(=O)(=O)c2ccc(C(=O)OC)cc2)cc1. The summed E-state index contributed by atoms with van der Waals surface area (Å²) in [6.07, 6.45) is 1.36. The Balaban J connectivity index is 1.69. The molecule has 0 saturated heterocycles. The lowest BCUT2D eigenvalue weighted by molar-refractivity contribution is 0.0592. The maximum absolute atomic E-state index is 13.1. The van der Waals surface area contributed by atoms with Crippen LogP contribution < -0.4 is 4.72 Å². The van der Waals surface area contributed by atoms with E-state index in [-0.39, 0.29) is 40.0 Å². The first-order valence-corrected chi connectivity index (χ1v) is 12.9. The van der Waals surface area contributed by atoms with Crippen LogP contribution in [0.3, 0.4) is 0 Å². The number of benzene rings is 2. The summed E-state index contributed by atoms with van der Waals surface area (Å²) in [5, 5.41) is 0. The Hall–Kier alpha value is -2.80. The largest absolute Gasteiger partial charge is 0.465 e. The number of methoxy groups -OCH3 is 2. The van der Waals surface area contributed by atoms with Crippen LogP contribution in [-0.4, -0.2) is 66.4 Å². The molecule has 0 radical (unpaired) electrons. The number of sulfonamides is 2. The minimum Gasteiger partial charge on any atom is -0.465 e. The van der Waals surface area contributed by atoms with Gasteiger partial charge in [-0.2, -0.15) is 4.31 Å². The lowest BCUT2D eigenvalue weighted by Crippen LogP contribution is -2.39. The molecule has 10 nitrogen and oxygen atoms in total. The molecule has 1 N–H and O–H groups in total. The number of carbonyl (C=O) groups is 2. The summed E-state index contributed by atoms with van der Waals surface area (Å²) < 4.78 is 64.2. The molecule has 2 aromatic rings. The van der Waals surface area contributed by atoms with Gasteiger partial charge in [0.05, 0.1) is 35.1 Å². The van der Waals surface area contributed by atoms with Crippen molar-refractivity contribution in [3.63, 3.8) is 0 Å². The molecule has 2 aromatic carbocycles. The molecule has 0 heterocycles. The van der Waals surface area contributed by atoms with Crippen molar-refractivity contribution in [3.8, 4) is 0 Å². The van der Waals surface area contributed by atoms with Crippen molar-refractivity contribution in [2.75, 3.05) is 27.3 Å². The number of hydrogen-bond donors (Lipinski definition) is 1.